The van der Waals surface area contributed by atoms with Crippen LogP contribution in [0, 0.1) is 0 Å². The van der Waals surface area contributed by atoms with Crippen molar-refractivity contribution in [2.45, 2.75) is 19.4 Å². The number of carbonyl (C=O) groups is 1. The first-order valence-electron chi connectivity index (χ1n) is 6.72. The van der Waals surface area contributed by atoms with Gasteiger partial charge in [0.1, 0.15) is 0 Å². The minimum atomic E-state index is -0.381. The van der Waals surface area contributed by atoms with E-state index in [1.165, 1.54) is 5.56 Å². The van der Waals surface area contributed by atoms with E-state index in [-0.39, 0.29) is 5.97 Å². The number of esters is 1. The number of nitrogens with two attached hydrogens (primary N) is 1. The molecule has 5 heteroatoms. The highest BCUT2D eigenvalue weighted by atomic mass is 16.5. The van der Waals surface area contributed by atoms with E-state index in [0.29, 0.717) is 25.4 Å². The highest BCUT2D eigenvalue weighted by Gasteiger charge is 2.10. The molecular weight excluding hydrogens is 254 g/mol. The van der Waals surface area contributed by atoms with Crippen LogP contribution in [0.1, 0.15) is 22.5 Å². The van der Waals surface area contributed by atoms with Crippen molar-refractivity contribution in [2.24, 2.45) is 5.73 Å². The van der Waals surface area contributed by atoms with Crippen molar-refractivity contribution >= 4 is 5.97 Å². The Morgan fingerprint density at radius 2 is 2.10 bits per heavy atom. The summed E-state index contributed by atoms with van der Waals surface area (Å²) in [5.41, 5.74) is 7.01. The average Bonchev–Trinajstić information content (AvgIpc) is 2.94. The number of imidazole rings is 1. The number of aryl methyl sites for hydroxylation is 1. The lowest BCUT2D eigenvalue weighted by atomic mass is 10.1. The van der Waals surface area contributed by atoms with Gasteiger partial charge in [0.15, 0.2) is 5.69 Å². The van der Waals surface area contributed by atoms with E-state index in [1.807, 2.05) is 18.2 Å². The zero-order valence-electron chi connectivity index (χ0n) is 11.4. The van der Waals surface area contributed by atoms with Crippen molar-refractivity contribution in [3.63, 3.8) is 0 Å². The summed E-state index contributed by atoms with van der Waals surface area (Å²) in [6.07, 6.45) is 4.95. The predicted octanol–water partition coefficient (Wildman–Crippen LogP) is 1.63. The van der Waals surface area contributed by atoms with Gasteiger partial charge in [-0.25, -0.2) is 9.78 Å². The normalized spacial score (nSPS) is 10.4. The highest BCUT2D eigenvalue weighted by Crippen LogP contribution is 2.04. The monoisotopic (exact) mass is 273 g/mol. The number of rotatable bonds is 7. The van der Waals surface area contributed by atoms with Gasteiger partial charge in [-0.05, 0) is 18.4 Å². The van der Waals surface area contributed by atoms with Crippen LogP contribution < -0.4 is 5.73 Å². The van der Waals surface area contributed by atoms with Gasteiger partial charge in [0, 0.05) is 19.3 Å². The Hall–Kier alpha value is -2.14. The second-order valence-electron chi connectivity index (χ2n) is 4.51. The molecular formula is C15H19N3O2. The fourth-order valence-corrected chi connectivity index (χ4v) is 1.90. The predicted molar refractivity (Wildman–Crippen MR) is 76.3 cm³/mol. The fraction of sp³-hybridized carbons (Fsp3) is 0.333. The van der Waals surface area contributed by atoms with Gasteiger partial charge >= 0.3 is 5.97 Å². The smallest absolute Gasteiger partial charge is 0.358 e. The number of hydrogen-bond donors (Lipinski definition) is 1. The lowest BCUT2D eigenvalue weighted by Gasteiger charge is -2.03. The van der Waals surface area contributed by atoms with Crippen molar-refractivity contribution in [1.29, 1.82) is 0 Å². The molecule has 1 heterocycles. The highest BCUT2D eigenvalue weighted by molar-refractivity contribution is 5.86. The van der Waals surface area contributed by atoms with Crippen LogP contribution in [-0.4, -0.2) is 28.7 Å². The maximum absolute atomic E-state index is 11.7. The molecule has 0 spiro atoms. The molecule has 5 nitrogen and oxygen atoms in total. The third kappa shape index (κ3) is 4.20. The number of aromatic nitrogens is 2. The molecule has 2 rings (SSSR count). The summed E-state index contributed by atoms with van der Waals surface area (Å²) in [6.45, 7) is 1.56. The lowest BCUT2D eigenvalue weighted by molar-refractivity contribution is 0.0494. The number of nitrogens with zero attached hydrogens (tertiary/aromatic N) is 2. The third-order valence-electron chi connectivity index (χ3n) is 2.92. The van der Waals surface area contributed by atoms with Gasteiger partial charge in [0.25, 0.3) is 0 Å². The average molecular weight is 273 g/mol. The van der Waals surface area contributed by atoms with Crippen LogP contribution in [0.15, 0.2) is 42.9 Å². The zero-order valence-corrected chi connectivity index (χ0v) is 11.4. The Balaban J connectivity index is 1.72. The van der Waals surface area contributed by atoms with Crippen molar-refractivity contribution < 1.29 is 9.53 Å². The summed E-state index contributed by atoms with van der Waals surface area (Å²) in [5.74, 6) is -0.381. The molecule has 0 amide bonds. The van der Waals surface area contributed by atoms with Crippen molar-refractivity contribution in [3.8, 4) is 0 Å². The number of carbonyl (C=O) groups excluding carboxylic acids is 1. The summed E-state index contributed by atoms with van der Waals surface area (Å²) >= 11 is 0. The van der Waals surface area contributed by atoms with Gasteiger partial charge in [-0.1, -0.05) is 30.3 Å². The molecule has 20 heavy (non-hydrogen) atoms. The largest absolute Gasteiger partial charge is 0.461 e. The third-order valence-corrected chi connectivity index (χ3v) is 2.92. The number of benzene rings is 1. The Morgan fingerprint density at radius 3 is 2.85 bits per heavy atom. The SMILES string of the molecule is NCCn1cnc(C(=O)OCCCc2ccccc2)c1. The Morgan fingerprint density at radius 1 is 1.30 bits per heavy atom. The first-order chi connectivity index (χ1) is 9.79. The van der Waals surface area contributed by atoms with Gasteiger partial charge in [-0.15, -0.1) is 0 Å². The lowest BCUT2D eigenvalue weighted by Crippen LogP contribution is -2.09. The van der Waals surface area contributed by atoms with Gasteiger partial charge in [-0.2, -0.15) is 0 Å². The molecule has 1 aromatic heterocycles. The van der Waals surface area contributed by atoms with Crippen LogP contribution in [0.25, 0.3) is 0 Å². The van der Waals surface area contributed by atoms with E-state index in [2.05, 4.69) is 17.1 Å². The van der Waals surface area contributed by atoms with E-state index < -0.39 is 0 Å². The molecule has 0 bridgehead atoms. The minimum absolute atomic E-state index is 0.332. The van der Waals surface area contributed by atoms with E-state index >= 15 is 0 Å². The maximum Gasteiger partial charge on any atom is 0.358 e. The fourth-order valence-electron chi connectivity index (χ4n) is 1.90. The molecule has 0 atom stereocenters. The van der Waals surface area contributed by atoms with Gasteiger partial charge in [0.05, 0.1) is 12.9 Å². The Bertz CT molecular complexity index is 537. The van der Waals surface area contributed by atoms with Crippen LogP contribution in [0.2, 0.25) is 0 Å². The maximum atomic E-state index is 11.7. The van der Waals surface area contributed by atoms with E-state index in [0.717, 1.165) is 12.8 Å². The zero-order chi connectivity index (χ0) is 14.2. The first kappa shape index (κ1) is 14.3. The van der Waals surface area contributed by atoms with Crippen LogP contribution >= 0.6 is 0 Å². The summed E-state index contributed by atoms with van der Waals surface area (Å²) < 4.78 is 6.97. The minimum Gasteiger partial charge on any atom is -0.461 e. The summed E-state index contributed by atoms with van der Waals surface area (Å²) in [4.78, 5) is 15.7. The van der Waals surface area contributed by atoms with Gasteiger partial charge < -0.3 is 15.0 Å². The molecule has 1 aromatic carbocycles. The van der Waals surface area contributed by atoms with E-state index in [4.69, 9.17) is 10.5 Å². The van der Waals surface area contributed by atoms with Crippen LogP contribution in [0.3, 0.4) is 0 Å². The van der Waals surface area contributed by atoms with Gasteiger partial charge in [0.2, 0.25) is 0 Å². The van der Waals surface area contributed by atoms with Crippen molar-refractivity contribution in [1.82, 2.24) is 9.55 Å². The van der Waals surface area contributed by atoms with Crippen LogP contribution in [0.4, 0.5) is 0 Å². The molecule has 0 aliphatic rings. The van der Waals surface area contributed by atoms with E-state index in [1.54, 1.807) is 17.1 Å². The summed E-state index contributed by atoms with van der Waals surface area (Å²) in [7, 11) is 0. The molecule has 2 aromatic rings. The van der Waals surface area contributed by atoms with Crippen molar-refractivity contribution in [3.05, 3.63) is 54.1 Å². The molecule has 0 radical (unpaired) electrons. The molecule has 0 aliphatic heterocycles. The molecule has 106 valence electrons. The molecule has 0 saturated heterocycles. The first-order valence-corrected chi connectivity index (χ1v) is 6.72. The Kier molecular flexibility index (Phi) is 5.32. The van der Waals surface area contributed by atoms with E-state index in [9.17, 15) is 4.79 Å². The second-order valence-corrected chi connectivity index (χ2v) is 4.51. The van der Waals surface area contributed by atoms with Crippen LogP contribution in [-0.2, 0) is 17.7 Å². The quantitative estimate of drug-likeness (QED) is 0.615. The molecule has 2 N–H and O–H groups in total. The van der Waals surface area contributed by atoms with Gasteiger partial charge in [-0.3, -0.25) is 0 Å². The molecule has 0 fully saturated rings. The molecule has 0 aliphatic carbocycles. The molecule has 0 unspecified atom stereocenters. The summed E-state index contributed by atoms with van der Waals surface area (Å²) in [6, 6.07) is 10.1. The van der Waals surface area contributed by atoms with Crippen molar-refractivity contribution in [2.75, 3.05) is 13.2 Å². The number of hydrogen-bond acceptors (Lipinski definition) is 4. The topological polar surface area (TPSA) is 70.1 Å². The molecule has 0 saturated carbocycles. The Labute approximate surface area is 118 Å². The standard InChI is InChI=1S/C15H19N3O2/c16-8-9-18-11-14(17-12-18)15(19)20-10-4-7-13-5-2-1-3-6-13/h1-3,5-6,11-12H,4,7-10,16H2. The van der Waals surface area contributed by atoms with Crippen LogP contribution in [0.5, 0.6) is 0 Å². The second kappa shape index (κ2) is 7.45. The number of ether oxygens (including phenoxy) is 1. The summed E-state index contributed by atoms with van der Waals surface area (Å²) in [5, 5.41) is 0.